The van der Waals surface area contributed by atoms with Gasteiger partial charge in [-0.1, -0.05) is 19.0 Å². The van der Waals surface area contributed by atoms with E-state index in [2.05, 4.69) is 22.2 Å². The van der Waals surface area contributed by atoms with Crippen LogP contribution in [-0.4, -0.2) is 37.3 Å². The van der Waals surface area contributed by atoms with Crippen molar-refractivity contribution >= 4 is 5.91 Å². The highest BCUT2D eigenvalue weighted by Crippen LogP contribution is 2.32. The second kappa shape index (κ2) is 6.52. The minimum Gasteiger partial charge on any atom is -0.337 e. The predicted molar refractivity (Wildman–Crippen MR) is 83.9 cm³/mol. The van der Waals surface area contributed by atoms with Gasteiger partial charge in [-0.05, 0) is 26.2 Å². The van der Waals surface area contributed by atoms with E-state index in [-0.39, 0.29) is 11.9 Å². The largest absolute Gasteiger partial charge is 0.337 e. The van der Waals surface area contributed by atoms with E-state index >= 15 is 0 Å². The molecule has 7 heteroatoms. The van der Waals surface area contributed by atoms with Crippen LogP contribution in [0.2, 0.25) is 0 Å². The summed E-state index contributed by atoms with van der Waals surface area (Å²) in [6.45, 7) is 7.49. The third-order valence-corrected chi connectivity index (χ3v) is 4.23. The Morgan fingerprint density at radius 3 is 2.96 bits per heavy atom. The second-order valence-corrected chi connectivity index (χ2v) is 5.95. The molecule has 0 N–H and O–H groups in total. The van der Waals surface area contributed by atoms with Crippen LogP contribution in [0, 0.1) is 6.92 Å². The molecule has 1 atom stereocenters. The molecule has 0 bridgehead atoms. The standard InChI is InChI=1S/C16H23N5O2/c1-4-8-20-10-12(11(3)18-20)16(22)21-9-6-7-13(21)15-17-14(5-2)19-23-15/h10,13H,4-9H2,1-3H3. The molecular weight excluding hydrogens is 294 g/mol. The predicted octanol–water partition coefficient (Wildman–Crippen LogP) is 2.52. The molecule has 1 saturated heterocycles. The first-order chi connectivity index (χ1) is 11.1. The third-order valence-electron chi connectivity index (χ3n) is 4.23. The van der Waals surface area contributed by atoms with E-state index in [4.69, 9.17) is 4.52 Å². The normalized spacial score (nSPS) is 17.9. The number of rotatable bonds is 5. The van der Waals surface area contributed by atoms with E-state index in [0.29, 0.717) is 23.8 Å². The van der Waals surface area contributed by atoms with Gasteiger partial charge in [-0.15, -0.1) is 0 Å². The molecule has 1 aliphatic heterocycles. The smallest absolute Gasteiger partial charge is 0.258 e. The van der Waals surface area contributed by atoms with Gasteiger partial charge in [0.15, 0.2) is 5.82 Å². The number of hydrogen-bond acceptors (Lipinski definition) is 5. The lowest BCUT2D eigenvalue weighted by atomic mass is 10.2. The molecule has 2 aromatic rings. The number of aromatic nitrogens is 4. The lowest BCUT2D eigenvalue weighted by Gasteiger charge is -2.21. The lowest BCUT2D eigenvalue weighted by Crippen LogP contribution is -2.31. The van der Waals surface area contributed by atoms with Gasteiger partial charge in [0.1, 0.15) is 6.04 Å². The third kappa shape index (κ3) is 3.00. The Morgan fingerprint density at radius 2 is 2.26 bits per heavy atom. The molecule has 1 amide bonds. The summed E-state index contributed by atoms with van der Waals surface area (Å²) >= 11 is 0. The summed E-state index contributed by atoms with van der Waals surface area (Å²) in [5, 5.41) is 8.38. The Labute approximate surface area is 135 Å². The number of likely N-dealkylation sites (tertiary alicyclic amines) is 1. The van der Waals surface area contributed by atoms with Crippen molar-refractivity contribution in [2.75, 3.05) is 6.54 Å². The van der Waals surface area contributed by atoms with Crippen molar-refractivity contribution in [3.8, 4) is 0 Å². The fourth-order valence-electron chi connectivity index (χ4n) is 3.04. The minimum absolute atomic E-state index is 0.00333. The van der Waals surface area contributed by atoms with Crippen molar-refractivity contribution in [3.63, 3.8) is 0 Å². The molecule has 0 radical (unpaired) electrons. The van der Waals surface area contributed by atoms with Crippen LogP contribution in [0.4, 0.5) is 0 Å². The molecule has 0 aromatic carbocycles. The average Bonchev–Trinajstić information content (AvgIpc) is 3.25. The van der Waals surface area contributed by atoms with Crippen molar-refractivity contribution in [2.24, 2.45) is 0 Å². The molecule has 3 rings (SSSR count). The molecule has 0 aliphatic carbocycles. The Kier molecular flexibility index (Phi) is 4.45. The van der Waals surface area contributed by atoms with E-state index in [1.54, 1.807) is 0 Å². The van der Waals surface area contributed by atoms with E-state index in [1.807, 2.05) is 29.6 Å². The van der Waals surface area contributed by atoms with E-state index in [0.717, 1.165) is 37.9 Å². The van der Waals surface area contributed by atoms with E-state index < -0.39 is 0 Å². The molecule has 7 nitrogen and oxygen atoms in total. The monoisotopic (exact) mass is 317 g/mol. The van der Waals surface area contributed by atoms with Gasteiger partial charge in [-0.3, -0.25) is 9.48 Å². The van der Waals surface area contributed by atoms with Crippen molar-refractivity contribution in [3.05, 3.63) is 29.2 Å². The van der Waals surface area contributed by atoms with Gasteiger partial charge in [-0.25, -0.2) is 0 Å². The Balaban J connectivity index is 1.83. The van der Waals surface area contributed by atoms with Gasteiger partial charge in [0.2, 0.25) is 5.89 Å². The van der Waals surface area contributed by atoms with Crippen LogP contribution in [0.3, 0.4) is 0 Å². The number of hydrogen-bond donors (Lipinski definition) is 0. The first-order valence-electron chi connectivity index (χ1n) is 8.31. The zero-order valence-electron chi connectivity index (χ0n) is 13.9. The summed E-state index contributed by atoms with van der Waals surface area (Å²) in [4.78, 5) is 19.2. The van der Waals surface area contributed by atoms with Crippen LogP contribution in [-0.2, 0) is 13.0 Å². The van der Waals surface area contributed by atoms with Crippen LogP contribution in [0.5, 0.6) is 0 Å². The zero-order valence-corrected chi connectivity index (χ0v) is 13.9. The fraction of sp³-hybridized carbons (Fsp3) is 0.625. The quantitative estimate of drug-likeness (QED) is 0.847. The van der Waals surface area contributed by atoms with E-state index in [1.165, 1.54) is 0 Å². The number of nitrogens with zero attached hydrogens (tertiary/aromatic N) is 5. The first-order valence-corrected chi connectivity index (χ1v) is 8.31. The molecule has 3 heterocycles. The summed E-state index contributed by atoms with van der Waals surface area (Å²) in [6.07, 6.45) is 5.37. The molecule has 2 aromatic heterocycles. The minimum atomic E-state index is -0.121. The molecule has 124 valence electrons. The molecule has 1 aliphatic rings. The van der Waals surface area contributed by atoms with Crippen LogP contribution in [0.1, 0.15) is 66.9 Å². The highest BCUT2D eigenvalue weighted by molar-refractivity contribution is 5.95. The van der Waals surface area contributed by atoms with Crippen molar-refractivity contribution in [1.29, 1.82) is 0 Å². The maximum atomic E-state index is 12.9. The second-order valence-electron chi connectivity index (χ2n) is 5.95. The van der Waals surface area contributed by atoms with Crippen LogP contribution in [0.25, 0.3) is 0 Å². The SMILES string of the molecule is CCCn1cc(C(=O)N2CCCC2c2nc(CC)no2)c(C)n1. The fourth-order valence-corrected chi connectivity index (χ4v) is 3.04. The van der Waals surface area contributed by atoms with Crippen molar-refractivity contribution in [1.82, 2.24) is 24.8 Å². The molecule has 23 heavy (non-hydrogen) atoms. The van der Waals surface area contributed by atoms with Gasteiger partial charge >= 0.3 is 0 Å². The number of carbonyl (C=O) groups excluding carboxylic acids is 1. The summed E-state index contributed by atoms with van der Waals surface area (Å²) < 4.78 is 7.20. The van der Waals surface area contributed by atoms with Crippen LogP contribution < -0.4 is 0 Å². The van der Waals surface area contributed by atoms with Crippen molar-refractivity contribution < 1.29 is 9.32 Å². The maximum absolute atomic E-state index is 12.9. The number of aryl methyl sites for hydroxylation is 3. The maximum Gasteiger partial charge on any atom is 0.258 e. The van der Waals surface area contributed by atoms with E-state index in [9.17, 15) is 4.79 Å². The number of amides is 1. The Morgan fingerprint density at radius 1 is 1.43 bits per heavy atom. The molecule has 0 spiro atoms. The number of carbonyl (C=O) groups is 1. The first kappa shape index (κ1) is 15.7. The summed E-state index contributed by atoms with van der Waals surface area (Å²) in [7, 11) is 0. The summed E-state index contributed by atoms with van der Waals surface area (Å²) in [6, 6.07) is -0.121. The van der Waals surface area contributed by atoms with Crippen LogP contribution >= 0.6 is 0 Å². The lowest BCUT2D eigenvalue weighted by molar-refractivity contribution is 0.0709. The van der Waals surface area contributed by atoms with Crippen LogP contribution in [0.15, 0.2) is 10.7 Å². The van der Waals surface area contributed by atoms with Gasteiger partial charge in [-0.2, -0.15) is 10.1 Å². The summed E-state index contributed by atoms with van der Waals surface area (Å²) in [5.74, 6) is 1.24. The highest BCUT2D eigenvalue weighted by Gasteiger charge is 2.35. The molecular formula is C16H23N5O2. The Bertz CT molecular complexity index is 690. The Hall–Kier alpha value is -2.18. The molecule has 1 unspecified atom stereocenters. The molecule has 0 saturated carbocycles. The average molecular weight is 317 g/mol. The highest BCUT2D eigenvalue weighted by atomic mass is 16.5. The van der Waals surface area contributed by atoms with Gasteiger partial charge < -0.3 is 9.42 Å². The molecule has 1 fully saturated rings. The van der Waals surface area contributed by atoms with Gasteiger partial charge in [0, 0.05) is 25.7 Å². The van der Waals surface area contributed by atoms with Gasteiger partial charge in [0.25, 0.3) is 5.91 Å². The topological polar surface area (TPSA) is 77.0 Å². The summed E-state index contributed by atoms with van der Waals surface area (Å²) in [5.41, 5.74) is 1.44. The zero-order chi connectivity index (χ0) is 16.4. The van der Waals surface area contributed by atoms with Gasteiger partial charge in [0.05, 0.1) is 11.3 Å². The van der Waals surface area contributed by atoms with Crippen molar-refractivity contribution in [2.45, 2.75) is 59.0 Å².